The molecule has 1 unspecified atom stereocenters. The summed E-state index contributed by atoms with van der Waals surface area (Å²) in [5.41, 5.74) is -0.580. The molecule has 0 aliphatic heterocycles. The van der Waals surface area contributed by atoms with E-state index in [-0.39, 0.29) is 12.2 Å². The molecule has 0 heterocycles. The van der Waals surface area contributed by atoms with Crippen LogP contribution in [-0.2, 0) is 6.42 Å². The van der Waals surface area contributed by atoms with E-state index < -0.39 is 17.5 Å². The minimum atomic E-state index is -1.20. The lowest BCUT2D eigenvalue weighted by molar-refractivity contribution is -0.0469. The Morgan fingerprint density at radius 2 is 2.06 bits per heavy atom. The summed E-state index contributed by atoms with van der Waals surface area (Å²) in [7, 11) is 1.39. The van der Waals surface area contributed by atoms with E-state index in [0.29, 0.717) is 5.56 Å². The van der Waals surface area contributed by atoms with Crippen LogP contribution in [-0.4, -0.2) is 29.0 Å². The molecule has 3 nitrogen and oxygen atoms in total. The van der Waals surface area contributed by atoms with Gasteiger partial charge in [-0.15, -0.1) is 0 Å². The summed E-state index contributed by atoms with van der Waals surface area (Å²) in [5, 5.41) is 19.2. The molecule has 1 aromatic carbocycles. The summed E-state index contributed by atoms with van der Waals surface area (Å²) in [6, 6.07) is 4.46. The first-order valence-electron chi connectivity index (χ1n) is 5.07. The summed E-state index contributed by atoms with van der Waals surface area (Å²) in [4.78, 5) is 0. The maximum absolute atomic E-state index is 13.3. The lowest BCUT2D eigenvalue weighted by Gasteiger charge is -2.24. The van der Waals surface area contributed by atoms with Crippen molar-refractivity contribution in [2.75, 3.05) is 7.11 Å². The molecule has 0 amide bonds. The average Bonchev–Trinajstić information content (AvgIpc) is 2.16. The van der Waals surface area contributed by atoms with Gasteiger partial charge in [-0.1, -0.05) is 6.07 Å². The predicted molar refractivity (Wildman–Crippen MR) is 59.0 cm³/mol. The van der Waals surface area contributed by atoms with Crippen molar-refractivity contribution in [2.45, 2.75) is 32.0 Å². The van der Waals surface area contributed by atoms with Crippen LogP contribution in [0.5, 0.6) is 5.75 Å². The number of methoxy groups -OCH3 is 1. The smallest absolute Gasteiger partial charge is 0.165 e. The van der Waals surface area contributed by atoms with Crippen molar-refractivity contribution in [2.24, 2.45) is 0 Å². The highest BCUT2D eigenvalue weighted by Gasteiger charge is 2.24. The Hall–Kier alpha value is -1.13. The van der Waals surface area contributed by atoms with Crippen LogP contribution in [0.3, 0.4) is 0 Å². The van der Waals surface area contributed by atoms with E-state index in [1.165, 1.54) is 33.1 Å². The largest absolute Gasteiger partial charge is 0.494 e. The van der Waals surface area contributed by atoms with Crippen LogP contribution in [0.15, 0.2) is 18.2 Å². The number of hydrogen-bond acceptors (Lipinski definition) is 3. The number of hydrogen-bond donors (Lipinski definition) is 2. The highest BCUT2D eigenvalue weighted by Crippen LogP contribution is 2.20. The quantitative estimate of drug-likeness (QED) is 0.821. The first-order chi connectivity index (χ1) is 7.34. The number of aliphatic hydroxyl groups is 2. The molecule has 1 rings (SSSR count). The van der Waals surface area contributed by atoms with Crippen molar-refractivity contribution in [3.63, 3.8) is 0 Å². The third kappa shape index (κ3) is 3.18. The van der Waals surface area contributed by atoms with Crippen LogP contribution in [0.1, 0.15) is 19.4 Å². The van der Waals surface area contributed by atoms with Gasteiger partial charge in [-0.25, -0.2) is 4.39 Å². The van der Waals surface area contributed by atoms with Crippen LogP contribution >= 0.6 is 0 Å². The second-order valence-electron chi connectivity index (χ2n) is 4.34. The number of aliphatic hydroxyl groups excluding tert-OH is 1. The molecule has 1 aromatic rings. The van der Waals surface area contributed by atoms with Gasteiger partial charge >= 0.3 is 0 Å². The zero-order valence-corrected chi connectivity index (χ0v) is 9.70. The fourth-order valence-corrected chi connectivity index (χ4v) is 1.31. The molecule has 4 heteroatoms. The molecule has 0 spiro atoms. The Morgan fingerprint density at radius 1 is 1.44 bits per heavy atom. The van der Waals surface area contributed by atoms with Gasteiger partial charge in [-0.05, 0) is 31.5 Å². The Balaban J connectivity index is 2.79. The Labute approximate surface area is 94.5 Å². The average molecular weight is 228 g/mol. The topological polar surface area (TPSA) is 49.7 Å². The minimum Gasteiger partial charge on any atom is -0.494 e. The lowest BCUT2D eigenvalue weighted by Crippen LogP contribution is -2.37. The lowest BCUT2D eigenvalue weighted by atomic mass is 9.95. The number of rotatable bonds is 4. The van der Waals surface area contributed by atoms with Crippen LogP contribution < -0.4 is 4.74 Å². The van der Waals surface area contributed by atoms with Crippen molar-refractivity contribution in [1.29, 1.82) is 0 Å². The molecule has 16 heavy (non-hydrogen) atoms. The van der Waals surface area contributed by atoms with Crippen LogP contribution in [0.4, 0.5) is 4.39 Å². The van der Waals surface area contributed by atoms with Gasteiger partial charge in [0.2, 0.25) is 0 Å². The van der Waals surface area contributed by atoms with Crippen molar-refractivity contribution in [1.82, 2.24) is 0 Å². The van der Waals surface area contributed by atoms with Crippen molar-refractivity contribution in [3.8, 4) is 5.75 Å². The normalized spacial score (nSPS) is 13.6. The summed E-state index contributed by atoms with van der Waals surface area (Å²) < 4.78 is 18.1. The zero-order valence-electron chi connectivity index (χ0n) is 9.70. The van der Waals surface area contributed by atoms with E-state index in [9.17, 15) is 14.6 Å². The minimum absolute atomic E-state index is 0.168. The summed E-state index contributed by atoms with van der Waals surface area (Å²) in [6.07, 6.45) is -0.731. The fourth-order valence-electron chi connectivity index (χ4n) is 1.31. The van der Waals surface area contributed by atoms with Gasteiger partial charge in [0.1, 0.15) is 0 Å². The van der Waals surface area contributed by atoms with Crippen molar-refractivity contribution < 1.29 is 19.3 Å². The third-order valence-corrected chi connectivity index (χ3v) is 2.46. The van der Waals surface area contributed by atoms with Gasteiger partial charge in [0, 0.05) is 6.42 Å². The van der Waals surface area contributed by atoms with Crippen molar-refractivity contribution >= 4 is 0 Å². The molecule has 0 radical (unpaired) electrons. The molecular formula is C12H17FO3. The van der Waals surface area contributed by atoms with Gasteiger partial charge in [0.15, 0.2) is 11.6 Å². The van der Waals surface area contributed by atoms with E-state index in [4.69, 9.17) is 4.74 Å². The highest BCUT2D eigenvalue weighted by molar-refractivity contribution is 5.29. The van der Waals surface area contributed by atoms with E-state index >= 15 is 0 Å². The van der Waals surface area contributed by atoms with Crippen molar-refractivity contribution in [3.05, 3.63) is 29.6 Å². The zero-order chi connectivity index (χ0) is 12.3. The summed E-state index contributed by atoms with van der Waals surface area (Å²) in [6.45, 7) is 3.02. The summed E-state index contributed by atoms with van der Waals surface area (Å²) >= 11 is 0. The van der Waals surface area contributed by atoms with Crippen LogP contribution in [0.2, 0.25) is 0 Å². The molecule has 0 bridgehead atoms. The number of benzene rings is 1. The van der Waals surface area contributed by atoms with E-state index in [0.717, 1.165) is 0 Å². The fraction of sp³-hybridized carbons (Fsp3) is 0.500. The molecule has 0 saturated heterocycles. The Kier molecular flexibility index (Phi) is 3.88. The molecule has 90 valence electrons. The van der Waals surface area contributed by atoms with E-state index in [2.05, 4.69) is 0 Å². The van der Waals surface area contributed by atoms with Crippen LogP contribution in [0, 0.1) is 5.82 Å². The molecule has 0 saturated carbocycles. The maximum atomic E-state index is 13.3. The second kappa shape index (κ2) is 4.80. The molecule has 2 N–H and O–H groups in total. The monoisotopic (exact) mass is 228 g/mol. The van der Waals surface area contributed by atoms with Gasteiger partial charge in [0.05, 0.1) is 18.8 Å². The molecule has 0 fully saturated rings. The van der Waals surface area contributed by atoms with Gasteiger partial charge in [0.25, 0.3) is 0 Å². The predicted octanol–water partition coefficient (Wildman–Crippen LogP) is 1.51. The van der Waals surface area contributed by atoms with E-state index in [1.807, 2.05) is 0 Å². The summed E-state index contributed by atoms with van der Waals surface area (Å²) in [5.74, 6) is -0.301. The maximum Gasteiger partial charge on any atom is 0.165 e. The SMILES string of the molecule is COc1ccc(CC(O)C(C)(C)O)cc1F. The number of ether oxygens (including phenoxy) is 1. The van der Waals surface area contributed by atoms with Gasteiger partial charge in [-0.2, -0.15) is 0 Å². The molecule has 1 atom stereocenters. The molecular weight excluding hydrogens is 211 g/mol. The van der Waals surface area contributed by atoms with Gasteiger partial charge < -0.3 is 14.9 Å². The number of halogens is 1. The standard InChI is InChI=1S/C12H17FO3/c1-12(2,15)11(14)7-8-4-5-10(16-3)9(13)6-8/h4-6,11,14-15H,7H2,1-3H3. The first kappa shape index (κ1) is 12.9. The van der Waals surface area contributed by atoms with Gasteiger partial charge in [-0.3, -0.25) is 0 Å². The second-order valence-corrected chi connectivity index (χ2v) is 4.34. The Morgan fingerprint density at radius 3 is 2.50 bits per heavy atom. The molecule has 0 aliphatic carbocycles. The third-order valence-electron chi connectivity index (χ3n) is 2.46. The Bertz CT molecular complexity index is 358. The first-order valence-corrected chi connectivity index (χ1v) is 5.07. The van der Waals surface area contributed by atoms with Crippen LogP contribution in [0.25, 0.3) is 0 Å². The molecule has 0 aliphatic rings. The highest BCUT2D eigenvalue weighted by atomic mass is 19.1. The van der Waals surface area contributed by atoms with E-state index in [1.54, 1.807) is 6.07 Å². The molecule has 0 aromatic heterocycles.